The summed E-state index contributed by atoms with van der Waals surface area (Å²) in [7, 11) is 0. The van der Waals surface area contributed by atoms with Gasteiger partial charge in [0.1, 0.15) is 35.2 Å². The smallest absolute Gasteiger partial charge is 0.246 e. The summed E-state index contributed by atoms with van der Waals surface area (Å²) >= 11 is 0. The van der Waals surface area contributed by atoms with Gasteiger partial charge >= 0.3 is 0 Å². The maximum absolute atomic E-state index is 15.9. The lowest BCUT2D eigenvalue weighted by atomic mass is 10.0. The molecular formula is C30H33F2N7O3. The first kappa shape index (κ1) is 29.1. The molecule has 1 unspecified atom stereocenters. The first-order valence-electron chi connectivity index (χ1n) is 13.7. The summed E-state index contributed by atoms with van der Waals surface area (Å²) in [5.41, 5.74) is 0.988. The largest absolute Gasteiger partial charge is 0.507 e. The number of aliphatic hydroxyl groups is 1. The predicted molar refractivity (Wildman–Crippen MR) is 154 cm³/mol. The number of phenols is 1. The van der Waals surface area contributed by atoms with Crippen molar-refractivity contribution in [2.75, 3.05) is 18.0 Å². The van der Waals surface area contributed by atoms with E-state index in [1.807, 2.05) is 32.6 Å². The van der Waals surface area contributed by atoms with Crippen LogP contribution in [0, 0.1) is 18.6 Å². The van der Waals surface area contributed by atoms with Crippen LogP contribution in [0.4, 0.5) is 20.3 Å². The van der Waals surface area contributed by atoms with Gasteiger partial charge in [0.25, 0.3) is 0 Å². The van der Waals surface area contributed by atoms with Gasteiger partial charge in [-0.05, 0) is 51.0 Å². The molecule has 42 heavy (non-hydrogen) atoms. The second kappa shape index (κ2) is 11.1. The molecule has 1 aromatic carbocycles. The number of phenolic OH excluding ortho intramolecular Hbond substituents is 1. The number of halogens is 2. The van der Waals surface area contributed by atoms with Crippen LogP contribution in [0.25, 0.3) is 11.3 Å². The van der Waals surface area contributed by atoms with Crippen LogP contribution in [0.5, 0.6) is 5.75 Å². The first-order chi connectivity index (χ1) is 19.9. The molecule has 1 saturated heterocycles. The van der Waals surface area contributed by atoms with Crippen molar-refractivity contribution >= 4 is 23.2 Å². The number of rotatable bonds is 4. The molecule has 0 bridgehead atoms. The zero-order chi connectivity index (χ0) is 30.5. The highest BCUT2D eigenvalue weighted by molar-refractivity contribution is 6.06. The molecule has 12 heteroatoms. The number of amidine groups is 1. The number of anilines is 2. The number of fused-ring (bicyclic) bond motifs is 1. The molecule has 2 aliphatic heterocycles. The molecule has 1 amide bonds. The molecule has 2 aliphatic rings. The van der Waals surface area contributed by atoms with Crippen molar-refractivity contribution in [2.45, 2.75) is 59.0 Å². The van der Waals surface area contributed by atoms with Gasteiger partial charge in [-0.25, -0.2) is 28.7 Å². The summed E-state index contributed by atoms with van der Waals surface area (Å²) in [6.07, 6.45) is 1.17. The highest BCUT2D eigenvalue weighted by Gasteiger charge is 2.40. The molecule has 220 valence electrons. The summed E-state index contributed by atoms with van der Waals surface area (Å²) in [6.45, 7) is 13.7. The van der Waals surface area contributed by atoms with E-state index >= 15 is 4.39 Å². The Morgan fingerprint density at radius 1 is 1.14 bits per heavy atom. The quantitative estimate of drug-likeness (QED) is 0.443. The number of hydrogen-bond acceptors (Lipinski definition) is 9. The van der Waals surface area contributed by atoms with E-state index in [9.17, 15) is 19.4 Å². The fourth-order valence-corrected chi connectivity index (χ4v) is 5.60. The number of aromatic nitrogens is 3. The predicted octanol–water partition coefficient (Wildman–Crippen LogP) is 4.24. The monoisotopic (exact) mass is 577 g/mol. The highest BCUT2D eigenvalue weighted by atomic mass is 19.1. The lowest BCUT2D eigenvalue weighted by Gasteiger charge is -2.47. The molecule has 0 aliphatic carbocycles. The Labute approximate surface area is 242 Å². The van der Waals surface area contributed by atoms with Gasteiger partial charge in [-0.15, -0.1) is 0 Å². The number of nitrogens with zero attached hydrogens (tertiary/aromatic N) is 7. The summed E-state index contributed by atoms with van der Waals surface area (Å²) in [4.78, 5) is 35.4. The van der Waals surface area contributed by atoms with Crippen LogP contribution >= 0.6 is 0 Å². The van der Waals surface area contributed by atoms with E-state index in [2.05, 4.69) is 26.5 Å². The van der Waals surface area contributed by atoms with E-state index in [4.69, 9.17) is 0 Å². The van der Waals surface area contributed by atoms with Crippen molar-refractivity contribution in [3.8, 4) is 17.0 Å². The third kappa shape index (κ3) is 4.85. The van der Waals surface area contributed by atoms with Crippen molar-refractivity contribution in [2.24, 2.45) is 4.99 Å². The average Bonchev–Trinajstić information content (AvgIpc) is 2.94. The number of aliphatic imine (C=N–C) groups is 1. The molecule has 5 rings (SSSR count). The Morgan fingerprint density at radius 2 is 1.88 bits per heavy atom. The van der Waals surface area contributed by atoms with Crippen LogP contribution in [0.1, 0.15) is 50.6 Å². The third-order valence-electron chi connectivity index (χ3n) is 7.66. The van der Waals surface area contributed by atoms with E-state index in [-0.39, 0.29) is 41.1 Å². The number of aryl methyl sites for hydroxylation is 1. The van der Waals surface area contributed by atoms with Gasteiger partial charge < -0.3 is 20.0 Å². The van der Waals surface area contributed by atoms with E-state index < -0.39 is 35.0 Å². The van der Waals surface area contributed by atoms with Crippen LogP contribution < -0.4 is 4.90 Å². The number of carbonyl (C=O) groups excluding carboxylic acids is 1. The highest BCUT2D eigenvalue weighted by Crippen LogP contribution is 2.42. The first-order valence-corrected chi connectivity index (χ1v) is 13.7. The number of pyridine rings is 1. The molecule has 3 atom stereocenters. The lowest BCUT2D eigenvalue weighted by Crippen LogP contribution is -2.60. The number of piperazine rings is 1. The molecule has 4 heterocycles. The number of amides is 1. The Bertz CT molecular complexity index is 1580. The molecule has 3 aromatic rings. The van der Waals surface area contributed by atoms with Crippen molar-refractivity contribution in [1.82, 2.24) is 24.8 Å². The Balaban J connectivity index is 1.74. The van der Waals surface area contributed by atoms with Crippen LogP contribution in [-0.4, -0.2) is 78.2 Å². The fraction of sp³-hybridized carbons (Fsp3) is 0.367. The van der Waals surface area contributed by atoms with Crippen LogP contribution in [0.3, 0.4) is 0 Å². The Hall–Kier alpha value is -4.45. The third-order valence-corrected chi connectivity index (χ3v) is 7.66. The minimum atomic E-state index is -1.52. The van der Waals surface area contributed by atoms with Crippen molar-refractivity contribution in [3.05, 3.63) is 71.8 Å². The van der Waals surface area contributed by atoms with Crippen LogP contribution in [0.15, 0.2) is 48.2 Å². The van der Waals surface area contributed by atoms with Gasteiger partial charge in [0.05, 0.1) is 28.2 Å². The van der Waals surface area contributed by atoms with Gasteiger partial charge in [0.2, 0.25) is 12.3 Å². The van der Waals surface area contributed by atoms with Gasteiger partial charge in [-0.3, -0.25) is 9.69 Å². The molecular weight excluding hydrogens is 544 g/mol. The number of hydrogen-bond donors (Lipinski definition) is 2. The molecule has 0 radical (unpaired) electrons. The number of aliphatic hydroxyl groups excluding tert-OH is 1. The summed E-state index contributed by atoms with van der Waals surface area (Å²) < 4.78 is 30.8. The van der Waals surface area contributed by atoms with E-state index in [1.165, 1.54) is 35.5 Å². The summed E-state index contributed by atoms with van der Waals surface area (Å²) in [5, 5.41) is 22.1. The molecule has 0 saturated carbocycles. The Morgan fingerprint density at radius 3 is 2.55 bits per heavy atom. The maximum Gasteiger partial charge on any atom is 0.246 e. The second-order valence-corrected chi connectivity index (χ2v) is 10.9. The topological polar surface area (TPSA) is 118 Å². The normalized spacial score (nSPS) is 20.5. The van der Waals surface area contributed by atoms with Crippen molar-refractivity contribution in [3.63, 3.8) is 0 Å². The van der Waals surface area contributed by atoms with E-state index in [0.29, 0.717) is 30.2 Å². The summed E-state index contributed by atoms with van der Waals surface area (Å²) in [5.74, 6) is -2.14. The molecule has 2 aromatic heterocycles. The van der Waals surface area contributed by atoms with Crippen LogP contribution in [-0.2, 0) is 4.79 Å². The van der Waals surface area contributed by atoms with Gasteiger partial charge in [-0.1, -0.05) is 26.5 Å². The number of benzene rings is 1. The standard InChI is InChI=1S/C30H33F2N7O3/c1-7-23(41)37-12-17(5)38(13-16(37)4)28-19-11-21(32)26(24-20(31)9-8-10-22(24)40)35-29(19)39(30(42)36-28)27-18(6)33-14-34-25(27)15(2)3/h7-11,14-17,30,40,42H,1,12-13H2,2-6H3/t16-,17+,30?/m1/s1. The minimum Gasteiger partial charge on any atom is -0.507 e. The molecule has 10 nitrogen and oxygen atoms in total. The zero-order valence-corrected chi connectivity index (χ0v) is 24.1. The molecule has 0 spiro atoms. The number of aromatic hydroxyl groups is 1. The molecule has 2 N–H and O–H groups in total. The van der Waals surface area contributed by atoms with Gasteiger partial charge in [-0.2, -0.15) is 0 Å². The van der Waals surface area contributed by atoms with Crippen molar-refractivity contribution < 1.29 is 23.8 Å². The zero-order valence-electron chi connectivity index (χ0n) is 24.1. The van der Waals surface area contributed by atoms with Gasteiger partial charge in [0.15, 0.2) is 5.82 Å². The van der Waals surface area contributed by atoms with Crippen LogP contribution in [0.2, 0.25) is 0 Å². The fourth-order valence-electron chi connectivity index (χ4n) is 5.60. The molecule has 1 fully saturated rings. The number of carbonyl (C=O) groups is 1. The lowest BCUT2D eigenvalue weighted by molar-refractivity contribution is -0.130. The van der Waals surface area contributed by atoms with Gasteiger partial charge in [0, 0.05) is 25.2 Å². The van der Waals surface area contributed by atoms with E-state index in [1.54, 1.807) is 11.8 Å². The average molecular weight is 578 g/mol. The van der Waals surface area contributed by atoms with Crippen molar-refractivity contribution in [1.29, 1.82) is 0 Å². The Kier molecular flexibility index (Phi) is 7.67. The minimum absolute atomic E-state index is 0.0883. The maximum atomic E-state index is 15.9. The SMILES string of the molecule is C=CC(=O)N1C[C@H](C)N(C2=NC(O)N(c3c(C)ncnc3C(C)C)c3nc(-c4c(O)cccc4F)c(F)cc32)C[C@H]1C. The summed E-state index contributed by atoms with van der Waals surface area (Å²) in [6, 6.07) is 4.35. The van der Waals surface area contributed by atoms with E-state index in [0.717, 1.165) is 6.07 Å². The second-order valence-electron chi connectivity index (χ2n) is 10.9.